The number of imidazole rings is 1. The van der Waals surface area contributed by atoms with E-state index in [9.17, 15) is 4.39 Å². The molecular weight excluding hydrogens is 207 g/mol. The predicted molar refractivity (Wildman–Crippen MR) is 57.4 cm³/mol. The van der Waals surface area contributed by atoms with E-state index in [1.165, 1.54) is 12.1 Å². The number of halogens is 1. The van der Waals surface area contributed by atoms with E-state index in [0.717, 1.165) is 11.4 Å². The summed E-state index contributed by atoms with van der Waals surface area (Å²) >= 11 is 0. The van der Waals surface area contributed by atoms with E-state index >= 15 is 0 Å². The summed E-state index contributed by atoms with van der Waals surface area (Å²) in [5.41, 5.74) is 2.28. The minimum absolute atomic E-state index is 0.283. The first kappa shape index (κ1) is 9.08. The van der Waals surface area contributed by atoms with E-state index in [1.807, 2.05) is 19.3 Å². The monoisotopic (exact) mass is 216 g/mol. The molecule has 0 saturated heterocycles. The van der Waals surface area contributed by atoms with Crippen LogP contribution in [-0.2, 0) is 7.05 Å². The Morgan fingerprint density at radius 3 is 2.94 bits per heavy atom. The molecule has 3 aromatic heterocycles. The van der Waals surface area contributed by atoms with Gasteiger partial charge in [-0.25, -0.2) is 9.37 Å². The predicted octanol–water partition coefficient (Wildman–Crippen LogP) is 1.87. The molecule has 3 heterocycles. The van der Waals surface area contributed by atoms with Crippen molar-refractivity contribution >= 4 is 5.65 Å². The molecule has 0 spiro atoms. The van der Waals surface area contributed by atoms with Crippen molar-refractivity contribution in [1.82, 2.24) is 19.2 Å². The van der Waals surface area contributed by atoms with Crippen molar-refractivity contribution in [2.45, 2.75) is 0 Å². The first-order valence-corrected chi connectivity index (χ1v) is 4.87. The molecule has 0 radical (unpaired) electrons. The van der Waals surface area contributed by atoms with Crippen LogP contribution in [0.3, 0.4) is 0 Å². The van der Waals surface area contributed by atoms with Gasteiger partial charge in [0.25, 0.3) is 0 Å². The summed E-state index contributed by atoms with van der Waals surface area (Å²) in [6.07, 6.45) is 5.21. The van der Waals surface area contributed by atoms with Crippen LogP contribution in [0.1, 0.15) is 0 Å². The third kappa shape index (κ3) is 1.29. The first-order chi connectivity index (χ1) is 7.74. The van der Waals surface area contributed by atoms with Gasteiger partial charge in [-0.1, -0.05) is 0 Å². The van der Waals surface area contributed by atoms with E-state index in [0.29, 0.717) is 5.65 Å². The fraction of sp³-hybridized carbons (Fsp3) is 0.0909. The van der Waals surface area contributed by atoms with Crippen LogP contribution in [0, 0.1) is 5.82 Å². The number of rotatable bonds is 1. The summed E-state index contributed by atoms with van der Waals surface area (Å²) in [5, 5.41) is 4.07. The molecule has 0 saturated carbocycles. The zero-order valence-corrected chi connectivity index (χ0v) is 8.63. The van der Waals surface area contributed by atoms with Crippen molar-refractivity contribution in [1.29, 1.82) is 0 Å². The van der Waals surface area contributed by atoms with Crippen molar-refractivity contribution in [3.05, 3.63) is 42.6 Å². The van der Waals surface area contributed by atoms with Gasteiger partial charge in [0.15, 0.2) is 0 Å². The Labute approximate surface area is 91.0 Å². The summed E-state index contributed by atoms with van der Waals surface area (Å²) in [7, 11) is 1.85. The van der Waals surface area contributed by atoms with Gasteiger partial charge in [-0.15, -0.1) is 0 Å². The molecule has 0 aromatic carbocycles. The Hall–Kier alpha value is -2.17. The van der Waals surface area contributed by atoms with Crippen LogP contribution in [0.15, 0.2) is 36.8 Å². The number of aromatic nitrogens is 4. The molecule has 0 aliphatic heterocycles. The molecule has 0 atom stereocenters. The van der Waals surface area contributed by atoms with E-state index in [1.54, 1.807) is 21.5 Å². The lowest BCUT2D eigenvalue weighted by molar-refractivity contribution is 0.626. The van der Waals surface area contributed by atoms with Gasteiger partial charge in [-0.05, 0) is 12.1 Å². The minimum Gasteiger partial charge on any atom is -0.306 e. The Balaban J connectivity index is 2.23. The third-order valence-electron chi connectivity index (χ3n) is 2.51. The fourth-order valence-electron chi connectivity index (χ4n) is 1.71. The summed E-state index contributed by atoms with van der Waals surface area (Å²) in [6.45, 7) is 0. The number of nitrogens with zero attached hydrogens (tertiary/aromatic N) is 4. The molecule has 3 aromatic rings. The standard InChI is InChI=1S/C11H9FN4/c1-15-10(2-4-13-15)9-7-16-5-3-8(12)6-11(16)14-9/h2-7H,1H3. The van der Waals surface area contributed by atoms with Crippen molar-refractivity contribution in [2.24, 2.45) is 7.05 Å². The van der Waals surface area contributed by atoms with Crippen LogP contribution in [-0.4, -0.2) is 19.2 Å². The quantitative estimate of drug-likeness (QED) is 0.622. The largest absolute Gasteiger partial charge is 0.306 e. The highest BCUT2D eigenvalue weighted by atomic mass is 19.1. The van der Waals surface area contributed by atoms with Gasteiger partial charge >= 0.3 is 0 Å². The maximum Gasteiger partial charge on any atom is 0.140 e. The number of hydrogen-bond donors (Lipinski definition) is 0. The van der Waals surface area contributed by atoms with E-state index in [2.05, 4.69) is 10.1 Å². The SMILES string of the molecule is Cn1nccc1-c1cn2ccc(F)cc2n1. The van der Waals surface area contributed by atoms with E-state index in [-0.39, 0.29) is 5.82 Å². The van der Waals surface area contributed by atoms with Crippen LogP contribution in [0.2, 0.25) is 0 Å². The van der Waals surface area contributed by atoms with E-state index < -0.39 is 0 Å². The van der Waals surface area contributed by atoms with Crippen molar-refractivity contribution < 1.29 is 4.39 Å². The molecule has 5 heteroatoms. The van der Waals surface area contributed by atoms with Crippen molar-refractivity contribution in [2.75, 3.05) is 0 Å². The van der Waals surface area contributed by atoms with Crippen LogP contribution in [0.25, 0.3) is 17.0 Å². The van der Waals surface area contributed by atoms with Gasteiger partial charge in [0.05, 0.1) is 5.69 Å². The Bertz CT molecular complexity index is 653. The molecule has 0 unspecified atom stereocenters. The Morgan fingerprint density at radius 1 is 1.31 bits per heavy atom. The van der Waals surface area contributed by atoms with Gasteiger partial charge in [0, 0.05) is 31.7 Å². The molecular formula is C11H9FN4. The lowest BCUT2D eigenvalue weighted by atomic mass is 10.3. The number of fused-ring (bicyclic) bond motifs is 1. The molecule has 0 N–H and O–H groups in total. The van der Waals surface area contributed by atoms with Crippen LogP contribution >= 0.6 is 0 Å². The molecule has 0 fully saturated rings. The zero-order valence-electron chi connectivity index (χ0n) is 8.63. The third-order valence-corrected chi connectivity index (χ3v) is 2.51. The van der Waals surface area contributed by atoms with Gasteiger partial charge in [0.1, 0.15) is 17.2 Å². The lowest BCUT2D eigenvalue weighted by Crippen LogP contribution is -1.92. The minimum atomic E-state index is -0.283. The highest BCUT2D eigenvalue weighted by Crippen LogP contribution is 2.18. The van der Waals surface area contributed by atoms with Crippen molar-refractivity contribution in [3.63, 3.8) is 0 Å². The first-order valence-electron chi connectivity index (χ1n) is 4.87. The Morgan fingerprint density at radius 2 is 2.19 bits per heavy atom. The van der Waals surface area contributed by atoms with Gasteiger partial charge in [-0.2, -0.15) is 5.10 Å². The van der Waals surface area contributed by atoms with E-state index in [4.69, 9.17) is 0 Å². The molecule has 3 rings (SSSR count). The van der Waals surface area contributed by atoms with Crippen molar-refractivity contribution in [3.8, 4) is 11.4 Å². The highest BCUT2D eigenvalue weighted by Gasteiger charge is 2.07. The second kappa shape index (κ2) is 3.16. The fourth-order valence-corrected chi connectivity index (χ4v) is 1.71. The molecule has 4 nitrogen and oxygen atoms in total. The average Bonchev–Trinajstić information content (AvgIpc) is 2.82. The van der Waals surface area contributed by atoms with Gasteiger partial charge in [0.2, 0.25) is 0 Å². The van der Waals surface area contributed by atoms with Gasteiger partial charge in [-0.3, -0.25) is 4.68 Å². The van der Waals surface area contributed by atoms with Crippen LogP contribution < -0.4 is 0 Å². The second-order valence-corrected chi connectivity index (χ2v) is 3.58. The molecule has 80 valence electrons. The summed E-state index contributed by atoms with van der Waals surface area (Å²) < 4.78 is 16.5. The summed E-state index contributed by atoms with van der Waals surface area (Å²) in [4.78, 5) is 4.34. The molecule has 0 bridgehead atoms. The molecule has 0 aliphatic rings. The number of aryl methyl sites for hydroxylation is 1. The second-order valence-electron chi connectivity index (χ2n) is 3.58. The van der Waals surface area contributed by atoms with Gasteiger partial charge < -0.3 is 4.40 Å². The summed E-state index contributed by atoms with van der Waals surface area (Å²) in [5.74, 6) is -0.283. The molecule has 16 heavy (non-hydrogen) atoms. The normalized spacial score (nSPS) is 11.1. The number of hydrogen-bond acceptors (Lipinski definition) is 2. The highest BCUT2D eigenvalue weighted by molar-refractivity contribution is 5.58. The molecule has 0 amide bonds. The zero-order chi connectivity index (χ0) is 11.1. The number of pyridine rings is 1. The smallest absolute Gasteiger partial charge is 0.140 e. The maximum absolute atomic E-state index is 13.0. The molecule has 0 aliphatic carbocycles. The van der Waals surface area contributed by atoms with Crippen LogP contribution in [0.5, 0.6) is 0 Å². The Kier molecular flexibility index (Phi) is 1.80. The lowest BCUT2D eigenvalue weighted by Gasteiger charge is -1.94. The average molecular weight is 216 g/mol. The topological polar surface area (TPSA) is 35.1 Å². The summed E-state index contributed by atoms with van der Waals surface area (Å²) in [6, 6.07) is 4.68. The maximum atomic E-state index is 13.0. The van der Waals surface area contributed by atoms with Crippen LogP contribution in [0.4, 0.5) is 4.39 Å².